The van der Waals surface area contributed by atoms with Crippen molar-refractivity contribution in [3.63, 3.8) is 0 Å². The van der Waals surface area contributed by atoms with Crippen molar-refractivity contribution in [2.45, 2.75) is 18.2 Å². The zero-order valence-electron chi connectivity index (χ0n) is 24.5. The molecule has 4 aromatic rings. The molecule has 0 fully saturated rings. The summed E-state index contributed by atoms with van der Waals surface area (Å²) >= 11 is 5.83. The van der Waals surface area contributed by atoms with Crippen molar-refractivity contribution < 1.29 is 32.3 Å². The molecule has 19 heteroatoms. The van der Waals surface area contributed by atoms with Crippen LogP contribution in [0.5, 0.6) is 0 Å². The molecule has 0 unspecified atom stereocenters. The molecule has 3 heterocycles. The first-order valence-electron chi connectivity index (χ1n) is 13.2. The number of hydrogen-bond acceptors (Lipinski definition) is 10. The van der Waals surface area contributed by atoms with Crippen LogP contribution in [0.3, 0.4) is 0 Å². The summed E-state index contributed by atoms with van der Waals surface area (Å²) in [7, 11) is 0.597. The number of ether oxygens (including phenoxy) is 1. The molecule has 4 N–H and O–H groups in total. The minimum Gasteiger partial charge on any atom is -0.466 e. The summed E-state index contributed by atoms with van der Waals surface area (Å²) in [6, 6.07) is 5.52. The van der Waals surface area contributed by atoms with E-state index in [9.17, 15) is 27.6 Å². The van der Waals surface area contributed by atoms with Gasteiger partial charge in [-0.2, -0.15) is 0 Å². The SMILES string of the molecule is CCOC(=O)CCNC(=O)c1nc(NC(=O)c2nc(NC(=O)c3nc(NS(=O)(=O)c4ccc(Cl)cc4)cn3C)cn2C)cn1C. The largest absolute Gasteiger partial charge is 0.466 e. The van der Waals surface area contributed by atoms with E-state index in [2.05, 4.69) is 35.6 Å². The molecule has 3 aromatic heterocycles. The molecule has 0 saturated carbocycles. The van der Waals surface area contributed by atoms with E-state index in [1.54, 1.807) is 14.0 Å². The number of aromatic nitrogens is 6. The summed E-state index contributed by atoms with van der Waals surface area (Å²) in [5.74, 6) is -2.65. The Morgan fingerprint density at radius 3 is 1.76 bits per heavy atom. The molecule has 17 nitrogen and oxygen atoms in total. The van der Waals surface area contributed by atoms with Crippen molar-refractivity contribution in [3.8, 4) is 0 Å². The van der Waals surface area contributed by atoms with Crippen LogP contribution in [-0.2, 0) is 40.7 Å². The van der Waals surface area contributed by atoms with Crippen LogP contribution >= 0.6 is 11.6 Å². The van der Waals surface area contributed by atoms with Gasteiger partial charge in [0.05, 0.1) is 17.9 Å². The average molecular weight is 661 g/mol. The third-order valence-corrected chi connectivity index (χ3v) is 7.63. The molecule has 0 spiro atoms. The van der Waals surface area contributed by atoms with E-state index in [4.69, 9.17) is 16.3 Å². The second-order valence-corrected chi connectivity index (χ2v) is 11.6. The Balaban J connectivity index is 1.38. The lowest BCUT2D eigenvalue weighted by atomic mass is 10.4. The fourth-order valence-electron chi connectivity index (χ4n) is 3.95. The number of carbonyl (C=O) groups excluding carboxylic acids is 4. The van der Waals surface area contributed by atoms with E-state index in [0.717, 1.165) is 0 Å². The highest BCUT2D eigenvalue weighted by molar-refractivity contribution is 7.92. The van der Waals surface area contributed by atoms with Gasteiger partial charge in [-0.1, -0.05) is 11.6 Å². The zero-order valence-corrected chi connectivity index (χ0v) is 26.1. The number of anilines is 3. The van der Waals surface area contributed by atoms with Gasteiger partial charge in [0.25, 0.3) is 27.7 Å². The summed E-state index contributed by atoms with van der Waals surface area (Å²) in [5, 5.41) is 8.00. The molecule has 238 valence electrons. The molecule has 0 aliphatic heterocycles. The molecule has 0 atom stereocenters. The first kappa shape index (κ1) is 32.7. The minimum atomic E-state index is -3.99. The van der Waals surface area contributed by atoms with Crippen molar-refractivity contribution >= 4 is 62.8 Å². The fraction of sp³-hybridized carbons (Fsp3) is 0.269. The van der Waals surface area contributed by atoms with Gasteiger partial charge in [-0.05, 0) is 31.2 Å². The number of esters is 1. The molecular weight excluding hydrogens is 632 g/mol. The van der Waals surface area contributed by atoms with E-state index in [-0.39, 0.29) is 59.4 Å². The molecule has 0 aliphatic carbocycles. The summed E-state index contributed by atoms with van der Waals surface area (Å²) < 4.78 is 36.5. The number of rotatable bonds is 12. The Morgan fingerprint density at radius 2 is 1.24 bits per heavy atom. The van der Waals surface area contributed by atoms with Gasteiger partial charge in [-0.15, -0.1) is 0 Å². The Hall–Kier alpha value is -5.23. The van der Waals surface area contributed by atoms with E-state index >= 15 is 0 Å². The summed E-state index contributed by atoms with van der Waals surface area (Å²) in [4.78, 5) is 62.1. The molecule has 1 aromatic carbocycles. The number of imidazole rings is 3. The number of aryl methyl sites for hydroxylation is 3. The molecule has 0 aliphatic rings. The normalized spacial score (nSPS) is 11.1. The van der Waals surface area contributed by atoms with E-state index in [1.807, 2.05) is 0 Å². The number of nitrogens with zero attached hydrogens (tertiary/aromatic N) is 6. The third kappa shape index (κ3) is 8.03. The fourth-order valence-corrected chi connectivity index (χ4v) is 5.06. The average Bonchev–Trinajstić information content (AvgIpc) is 3.64. The molecule has 45 heavy (non-hydrogen) atoms. The first-order chi connectivity index (χ1) is 21.3. The van der Waals surface area contributed by atoms with E-state index in [1.165, 1.54) is 70.7 Å². The van der Waals surface area contributed by atoms with Crippen LogP contribution in [0.2, 0.25) is 5.02 Å². The first-order valence-corrected chi connectivity index (χ1v) is 15.1. The van der Waals surface area contributed by atoms with Gasteiger partial charge in [0.1, 0.15) is 0 Å². The number of hydrogen-bond donors (Lipinski definition) is 4. The van der Waals surface area contributed by atoms with E-state index in [0.29, 0.717) is 5.02 Å². The molecule has 0 radical (unpaired) electrons. The molecule has 4 rings (SSSR count). The van der Waals surface area contributed by atoms with Crippen LogP contribution in [0.1, 0.15) is 45.2 Å². The minimum absolute atomic E-state index is 0.00391. The highest BCUT2D eigenvalue weighted by atomic mass is 35.5. The monoisotopic (exact) mass is 660 g/mol. The van der Waals surface area contributed by atoms with Crippen LogP contribution in [0.25, 0.3) is 0 Å². The highest BCUT2D eigenvalue weighted by Gasteiger charge is 2.22. The van der Waals surface area contributed by atoms with Gasteiger partial charge < -0.3 is 34.4 Å². The van der Waals surface area contributed by atoms with Crippen LogP contribution in [0.4, 0.5) is 17.5 Å². The van der Waals surface area contributed by atoms with E-state index < -0.39 is 33.7 Å². The van der Waals surface area contributed by atoms with Crippen LogP contribution in [0.15, 0.2) is 47.8 Å². The standard InChI is InChI=1S/C26H29ClN10O7S/c1-5-44-20(38)10-11-28-24(39)21-29-17(12-35(21)2)32-25(40)22-30-18(13-36(22)3)33-26(41)23-31-19(14-37(23)4)34-45(42,43)16-8-6-15(27)7-9-16/h6-9,12-14,34H,5,10-11H2,1-4H3,(H,28,39)(H,32,40)(H,33,41). The van der Waals surface area contributed by atoms with Crippen LogP contribution in [0, 0.1) is 0 Å². The number of benzene rings is 1. The maximum absolute atomic E-state index is 12.9. The Bertz CT molecular complexity index is 1860. The van der Waals surface area contributed by atoms with Gasteiger partial charge in [-0.3, -0.25) is 23.9 Å². The van der Waals surface area contributed by atoms with Gasteiger partial charge in [-0.25, -0.2) is 23.4 Å². The Kier molecular flexibility index (Phi) is 9.88. The maximum atomic E-state index is 12.9. The van der Waals surface area contributed by atoms with Crippen molar-refractivity contribution in [2.24, 2.45) is 21.1 Å². The predicted molar refractivity (Wildman–Crippen MR) is 161 cm³/mol. The van der Waals surface area contributed by atoms with Crippen molar-refractivity contribution in [1.29, 1.82) is 0 Å². The lowest BCUT2D eigenvalue weighted by Crippen LogP contribution is -2.28. The van der Waals surface area contributed by atoms with Crippen LogP contribution in [-0.4, -0.2) is 73.9 Å². The molecule has 0 saturated heterocycles. The summed E-state index contributed by atoms with van der Waals surface area (Å²) in [5.41, 5.74) is 0. The Labute approximate surface area is 262 Å². The van der Waals surface area contributed by atoms with Gasteiger partial charge in [0, 0.05) is 51.3 Å². The number of sulfonamides is 1. The van der Waals surface area contributed by atoms with Crippen LogP contribution < -0.4 is 20.7 Å². The number of amides is 3. The molecule has 3 amide bonds. The summed E-state index contributed by atoms with van der Waals surface area (Å²) in [6.45, 7) is 1.97. The quantitative estimate of drug-likeness (QED) is 0.161. The summed E-state index contributed by atoms with van der Waals surface area (Å²) in [6.07, 6.45) is 4.13. The van der Waals surface area contributed by atoms with Crippen molar-refractivity contribution in [3.05, 3.63) is 65.4 Å². The van der Waals surface area contributed by atoms with Gasteiger partial charge in [0.2, 0.25) is 17.5 Å². The third-order valence-electron chi connectivity index (χ3n) is 6.00. The second-order valence-electron chi connectivity index (χ2n) is 9.46. The number of halogens is 1. The maximum Gasteiger partial charge on any atom is 0.307 e. The second kappa shape index (κ2) is 13.6. The molecule has 0 bridgehead atoms. The van der Waals surface area contributed by atoms with Crippen molar-refractivity contribution in [2.75, 3.05) is 28.5 Å². The predicted octanol–water partition coefficient (Wildman–Crippen LogP) is 1.53. The smallest absolute Gasteiger partial charge is 0.307 e. The van der Waals surface area contributed by atoms with Gasteiger partial charge in [0.15, 0.2) is 17.5 Å². The Morgan fingerprint density at radius 1 is 0.778 bits per heavy atom. The number of carbonyl (C=O) groups is 4. The lowest BCUT2D eigenvalue weighted by Gasteiger charge is -2.05. The number of nitrogens with one attached hydrogen (secondary N) is 4. The zero-order chi connectivity index (χ0) is 32.9. The lowest BCUT2D eigenvalue weighted by molar-refractivity contribution is -0.142. The topological polar surface area (TPSA) is 213 Å². The highest BCUT2D eigenvalue weighted by Crippen LogP contribution is 2.19. The van der Waals surface area contributed by atoms with Gasteiger partial charge >= 0.3 is 5.97 Å². The van der Waals surface area contributed by atoms with Crippen molar-refractivity contribution in [1.82, 2.24) is 34.0 Å². The molecular formula is C26H29ClN10O7S.